The van der Waals surface area contributed by atoms with Gasteiger partial charge < -0.3 is 10.4 Å². The lowest BCUT2D eigenvalue weighted by Gasteiger charge is -2.18. The molecule has 7 nitrogen and oxygen atoms in total. The highest BCUT2D eigenvalue weighted by Crippen LogP contribution is 2.22. The number of hydrogen-bond acceptors (Lipinski definition) is 5. The van der Waals surface area contributed by atoms with E-state index in [0.717, 1.165) is 16.5 Å². The van der Waals surface area contributed by atoms with Crippen molar-refractivity contribution in [2.45, 2.75) is 26.8 Å². The van der Waals surface area contributed by atoms with Crippen LogP contribution in [-0.2, 0) is 0 Å². The zero-order valence-corrected chi connectivity index (χ0v) is 14.5. The van der Waals surface area contributed by atoms with E-state index in [4.69, 9.17) is 0 Å². The molecular weight excluding hydrogens is 318 g/mol. The van der Waals surface area contributed by atoms with Gasteiger partial charge in [-0.1, -0.05) is 24.3 Å². The number of carbonyl (C=O) groups is 1. The van der Waals surface area contributed by atoms with Crippen molar-refractivity contribution in [1.82, 2.24) is 25.3 Å². The Balaban J connectivity index is 1.95. The second kappa shape index (κ2) is 6.98. The number of nitrogens with one attached hydrogen (secondary N) is 1. The number of rotatable bonds is 5. The molecule has 3 rings (SSSR count). The summed E-state index contributed by atoms with van der Waals surface area (Å²) >= 11 is 0. The lowest BCUT2D eigenvalue weighted by Crippen LogP contribution is -2.38. The number of nitrogens with zero attached hydrogens (tertiary/aromatic N) is 4. The molecule has 0 aliphatic heterocycles. The molecule has 0 spiro atoms. The van der Waals surface area contributed by atoms with E-state index >= 15 is 0 Å². The summed E-state index contributed by atoms with van der Waals surface area (Å²) in [7, 11) is 0. The molecule has 2 unspecified atom stereocenters. The maximum atomic E-state index is 12.5. The zero-order chi connectivity index (χ0) is 18.0. The summed E-state index contributed by atoms with van der Waals surface area (Å²) < 4.78 is 1.66. The molecule has 0 saturated heterocycles. The fraction of sp³-hybridized carbons (Fsp3) is 0.333. The van der Waals surface area contributed by atoms with Gasteiger partial charge in [0.2, 0.25) is 0 Å². The molecule has 3 aromatic rings. The molecule has 0 radical (unpaired) electrons. The summed E-state index contributed by atoms with van der Waals surface area (Å²) in [6, 6.07) is 7.58. The smallest absolute Gasteiger partial charge is 0.273 e. The van der Waals surface area contributed by atoms with Crippen LogP contribution in [0.25, 0.3) is 16.5 Å². The number of pyridine rings is 1. The minimum absolute atomic E-state index is 0.0111. The minimum atomic E-state index is -0.293. The second-order valence-corrected chi connectivity index (χ2v) is 6.23. The third kappa shape index (κ3) is 3.23. The number of aliphatic hydroxyl groups is 1. The Bertz CT molecular complexity index is 900. The molecule has 2 N–H and O–H groups in total. The first-order chi connectivity index (χ1) is 12.0. The van der Waals surface area contributed by atoms with Gasteiger partial charge in [0.05, 0.1) is 11.4 Å². The first-order valence-corrected chi connectivity index (χ1v) is 8.20. The molecule has 0 fully saturated rings. The molecule has 0 aliphatic carbocycles. The summed E-state index contributed by atoms with van der Waals surface area (Å²) in [6.45, 7) is 5.56. The van der Waals surface area contributed by atoms with E-state index in [-0.39, 0.29) is 30.2 Å². The summed E-state index contributed by atoms with van der Waals surface area (Å²) in [5.74, 6) is -0.330. The van der Waals surface area contributed by atoms with Crippen LogP contribution in [0.3, 0.4) is 0 Å². The molecule has 1 aromatic carbocycles. The van der Waals surface area contributed by atoms with Crippen LogP contribution >= 0.6 is 0 Å². The predicted molar refractivity (Wildman–Crippen MR) is 94.6 cm³/mol. The Hall–Kier alpha value is -2.80. The summed E-state index contributed by atoms with van der Waals surface area (Å²) in [6.07, 6.45) is 3.51. The average molecular weight is 339 g/mol. The SMILES string of the molecule is Cc1c(C(=O)NC(C)C(C)CO)nnn1-c1cccc2cnccc12. The van der Waals surface area contributed by atoms with Gasteiger partial charge in [0.25, 0.3) is 5.91 Å². The van der Waals surface area contributed by atoms with E-state index in [1.165, 1.54) is 0 Å². The Morgan fingerprint density at radius 2 is 2.12 bits per heavy atom. The quantitative estimate of drug-likeness (QED) is 0.740. The van der Waals surface area contributed by atoms with Crippen LogP contribution < -0.4 is 5.32 Å². The number of aromatic nitrogens is 4. The summed E-state index contributed by atoms with van der Waals surface area (Å²) in [4.78, 5) is 16.6. The van der Waals surface area contributed by atoms with E-state index in [2.05, 4.69) is 20.6 Å². The lowest BCUT2D eigenvalue weighted by molar-refractivity contribution is 0.0910. The van der Waals surface area contributed by atoms with Crippen LogP contribution in [0.1, 0.15) is 30.0 Å². The minimum Gasteiger partial charge on any atom is -0.396 e. The van der Waals surface area contributed by atoms with E-state index in [1.54, 1.807) is 17.1 Å². The topological polar surface area (TPSA) is 92.9 Å². The van der Waals surface area contributed by atoms with E-state index in [1.807, 2.05) is 45.0 Å². The molecule has 2 heterocycles. The molecule has 0 bridgehead atoms. The Kier molecular flexibility index (Phi) is 4.76. The van der Waals surface area contributed by atoms with Gasteiger partial charge in [-0.25, -0.2) is 4.68 Å². The van der Waals surface area contributed by atoms with Gasteiger partial charge in [-0.05, 0) is 31.9 Å². The van der Waals surface area contributed by atoms with Crippen molar-refractivity contribution in [3.05, 3.63) is 48.0 Å². The van der Waals surface area contributed by atoms with Crippen molar-refractivity contribution in [3.8, 4) is 5.69 Å². The van der Waals surface area contributed by atoms with Crippen molar-refractivity contribution in [2.24, 2.45) is 5.92 Å². The number of fused-ring (bicyclic) bond motifs is 1. The van der Waals surface area contributed by atoms with Crippen LogP contribution in [-0.4, -0.2) is 43.6 Å². The van der Waals surface area contributed by atoms with Crippen molar-refractivity contribution < 1.29 is 9.90 Å². The lowest BCUT2D eigenvalue weighted by atomic mass is 10.1. The molecule has 7 heteroatoms. The van der Waals surface area contributed by atoms with Crippen molar-refractivity contribution in [3.63, 3.8) is 0 Å². The van der Waals surface area contributed by atoms with Crippen molar-refractivity contribution in [2.75, 3.05) is 6.61 Å². The highest BCUT2D eigenvalue weighted by Gasteiger charge is 2.21. The number of aliphatic hydroxyl groups excluding tert-OH is 1. The predicted octanol–water partition coefficient (Wildman–Crippen LogP) is 1.87. The maximum absolute atomic E-state index is 12.5. The number of hydrogen-bond donors (Lipinski definition) is 2. The molecule has 25 heavy (non-hydrogen) atoms. The number of benzene rings is 1. The third-order valence-electron chi connectivity index (χ3n) is 4.50. The van der Waals surface area contributed by atoms with Crippen LogP contribution in [0, 0.1) is 12.8 Å². The molecule has 0 saturated carbocycles. The van der Waals surface area contributed by atoms with Gasteiger partial charge in [0.1, 0.15) is 0 Å². The Labute approximate surface area is 145 Å². The highest BCUT2D eigenvalue weighted by molar-refractivity contribution is 5.94. The van der Waals surface area contributed by atoms with Crippen LogP contribution in [0.5, 0.6) is 0 Å². The monoisotopic (exact) mass is 339 g/mol. The molecule has 2 atom stereocenters. The second-order valence-electron chi connectivity index (χ2n) is 6.23. The first kappa shape index (κ1) is 17.0. The normalized spacial score (nSPS) is 13.6. The number of carbonyl (C=O) groups excluding carboxylic acids is 1. The standard InChI is InChI=1S/C18H21N5O2/c1-11(10-24)12(2)20-18(25)17-13(3)23(22-21-17)16-6-4-5-14-9-19-8-7-15(14)16/h4-9,11-12,24H,10H2,1-3H3,(H,20,25). The average Bonchev–Trinajstić information content (AvgIpc) is 3.01. The van der Waals surface area contributed by atoms with Crippen LogP contribution in [0.2, 0.25) is 0 Å². The van der Waals surface area contributed by atoms with Crippen LogP contribution in [0.4, 0.5) is 0 Å². The maximum Gasteiger partial charge on any atom is 0.273 e. The summed E-state index contributed by atoms with van der Waals surface area (Å²) in [5.41, 5.74) is 1.79. The van der Waals surface area contributed by atoms with Gasteiger partial charge >= 0.3 is 0 Å². The van der Waals surface area contributed by atoms with Gasteiger partial charge in [0, 0.05) is 35.8 Å². The van der Waals surface area contributed by atoms with Gasteiger partial charge in [0.15, 0.2) is 5.69 Å². The molecule has 1 amide bonds. The number of amides is 1. The molecular formula is C18H21N5O2. The van der Waals surface area contributed by atoms with Crippen molar-refractivity contribution >= 4 is 16.7 Å². The van der Waals surface area contributed by atoms with Gasteiger partial charge in [-0.15, -0.1) is 5.10 Å². The van der Waals surface area contributed by atoms with E-state index in [0.29, 0.717) is 5.69 Å². The molecule has 130 valence electrons. The fourth-order valence-corrected chi connectivity index (χ4v) is 2.63. The first-order valence-electron chi connectivity index (χ1n) is 8.20. The third-order valence-corrected chi connectivity index (χ3v) is 4.50. The van der Waals surface area contributed by atoms with E-state index < -0.39 is 0 Å². The summed E-state index contributed by atoms with van der Waals surface area (Å²) in [5, 5.41) is 22.3. The van der Waals surface area contributed by atoms with Gasteiger partial charge in [-0.2, -0.15) is 0 Å². The zero-order valence-electron chi connectivity index (χ0n) is 14.5. The Morgan fingerprint density at radius 3 is 2.88 bits per heavy atom. The fourth-order valence-electron chi connectivity index (χ4n) is 2.63. The molecule has 0 aliphatic rings. The van der Waals surface area contributed by atoms with Crippen LogP contribution in [0.15, 0.2) is 36.7 Å². The van der Waals surface area contributed by atoms with Crippen molar-refractivity contribution in [1.29, 1.82) is 0 Å². The van der Waals surface area contributed by atoms with E-state index in [9.17, 15) is 9.90 Å². The molecule has 2 aromatic heterocycles. The Morgan fingerprint density at radius 1 is 1.32 bits per heavy atom. The van der Waals surface area contributed by atoms with Gasteiger partial charge in [-0.3, -0.25) is 9.78 Å². The largest absolute Gasteiger partial charge is 0.396 e. The highest BCUT2D eigenvalue weighted by atomic mass is 16.3.